The highest BCUT2D eigenvalue weighted by atomic mass is 32.2. The maximum Gasteiger partial charge on any atom is 0.340 e. The quantitative estimate of drug-likeness (QED) is 0.628. The first kappa shape index (κ1) is 16.1. The van der Waals surface area contributed by atoms with E-state index in [9.17, 15) is 14.7 Å². The molecule has 0 saturated heterocycles. The van der Waals surface area contributed by atoms with Crippen molar-refractivity contribution >= 4 is 23.7 Å². The van der Waals surface area contributed by atoms with Gasteiger partial charge in [-0.1, -0.05) is 19.1 Å². The van der Waals surface area contributed by atoms with Crippen LogP contribution >= 0.6 is 11.8 Å². The zero-order valence-electron chi connectivity index (χ0n) is 12.3. The minimum absolute atomic E-state index is 0.157. The Kier molecular flexibility index (Phi) is 5.21. The van der Waals surface area contributed by atoms with E-state index in [0.717, 1.165) is 12.2 Å². The minimum atomic E-state index is -1.03. The van der Waals surface area contributed by atoms with Crippen LogP contribution in [0.4, 0.5) is 0 Å². The van der Waals surface area contributed by atoms with Crippen molar-refractivity contribution in [3.8, 4) is 11.3 Å². The number of nitrogens with one attached hydrogen (secondary N) is 1. The predicted molar refractivity (Wildman–Crippen MR) is 83.3 cm³/mol. The van der Waals surface area contributed by atoms with Crippen LogP contribution in [-0.2, 0) is 4.74 Å². The Labute approximate surface area is 131 Å². The fraction of sp³-hybridized carbons (Fsp3) is 0.267. The molecule has 0 saturated carbocycles. The molecule has 0 aliphatic carbocycles. The van der Waals surface area contributed by atoms with Crippen molar-refractivity contribution in [2.45, 2.75) is 18.4 Å². The van der Waals surface area contributed by atoms with Crippen molar-refractivity contribution in [1.29, 1.82) is 0 Å². The van der Waals surface area contributed by atoms with Gasteiger partial charge < -0.3 is 9.84 Å². The standard InChI is InChI=1S/C15H16N2O4S/c1-3-8-22-13-11(14(18)19)12(16-17-13)9-4-6-10(7-5-9)15(20)21-2/h4-7H,3,8H2,1-2H3,(H,16,17)(H,18,19). The van der Waals surface area contributed by atoms with Gasteiger partial charge in [-0.3, -0.25) is 5.10 Å². The predicted octanol–water partition coefficient (Wildman–Crippen LogP) is 3.06. The number of carboxylic acids is 1. The van der Waals surface area contributed by atoms with Gasteiger partial charge in [-0.2, -0.15) is 5.10 Å². The summed E-state index contributed by atoms with van der Waals surface area (Å²) in [6.07, 6.45) is 0.930. The van der Waals surface area contributed by atoms with Crippen LogP contribution in [0.3, 0.4) is 0 Å². The molecule has 0 aliphatic heterocycles. The highest BCUT2D eigenvalue weighted by molar-refractivity contribution is 7.99. The summed E-state index contributed by atoms with van der Waals surface area (Å²) in [5, 5.41) is 16.8. The molecule has 7 heteroatoms. The normalized spacial score (nSPS) is 10.5. The molecule has 1 aromatic heterocycles. The number of carbonyl (C=O) groups is 2. The van der Waals surface area contributed by atoms with Crippen LogP contribution in [0.25, 0.3) is 11.3 Å². The van der Waals surface area contributed by atoms with Crippen LogP contribution in [0.15, 0.2) is 29.3 Å². The van der Waals surface area contributed by atoms with Crippen LogP contribution in [0.5, 0.6) is 0 Å². The number of esters is 1. The van der Waals surface area contributed by atoms with E-state index in [1.54, 1.807) is 24.3 Å². The minimum Gasteiger partial charge on any atom is -0.478 e. The lowest BCUT2D eigenvalue weighted by atomic mass is 10.1. The van der Waals surface area contributed by atoms with Gasteiger partial charge in [0.2, 0.25) is 0 Å². The number of hydrogen-bond acceptors (Lipinski definition) is 5. The number of rotatable bonds is 6. The molecule has 0 unspecified atom stereocenters. The second-order valence-corrected chi connectivity index (χ2v) is 5.58. The lowest BCUT2D eigenvalue weighted by molar-refractivity contribution is 0.0599. The van der Waals surface area contributed by atoms with E-state index in [2.05, 4.69) is 14.9 Å². The van der Waals surface area contributed by atoms with Gasteiger partial charge in [0, 0.05) is 5.56 Å². The average Bonchev–Trinajstić information content (AvgIpc) is 2.96. The Morgan fingerprint density at radius 2 is 2.00 bits per heavy atom. The third-order valence-electron chi connectivity index (χ3n) is 2.98. The monoisotopic (exact) mass is 320 g/mol. The Bertz CT molecular complexity index is 679. The Morgan fingerprint density at radius 1 is 1.32 bits per heavy atom. The van der Waals surface area contributed by atoms with Crippen LogP contribution in [0.2, 0.25) is 0 Å². The molecule has 6 nitrogen and oxygen atoms in total. The SMILES string of the molecule is CCCSc1n[nH]c(-c2ccc(C(=O)OC)cc2)c1C(=O)O. The van der Waals surface area contributed by atoms with E-state index in [0.29, 0.717) is 21.8 Å². The van der Waals surface area contributed by atoms with E-state index in [1.807, 2.05) is 6.92 Å². The lowest BCUT2D eigenvalue weighted by Gasteiger charge is -2.03. The first-order valence-corrected chi connectivity index (χ1v) is 7.70. The largest absolute Gasteiger partial charge is 0.478 e. The first-order chi connectivity index (χ1) is 10.6. The number of benzene rings is 1. The van der Waals surface area contributed by atoms with Crippen LogP contribution in [-0.4, -0.2) is 40.1 Å². The molecule has 0 amide bonds. The number of aromatic nitrogens is 2. The van der Waals surface area contributed by atoms with Crippen molar-refractivity contribution in [2.75, 3.05) is 12.9 Å². The van der Waals surface area contributed by atoms with E-state index in [-0.39, 0.29) is 5.56 Å². The molecule has 116 valence electrons. The summed E-state index contributed by atoms with van der Waals surface area (Å²) in [7, 11) is 1.31. The Morgan fingerprint density at radius 3 is 2.55 bits per heavy atom. The third-order valence-corrected chi connectivity index (χ3v) is 4.17. The van der Waals surface area contributed by atoms with Gasteiger partial charge in [0.05, 0.1) is 18.4 Å². The smallest absolute Gasteiger partial charge is 0.340 e. The molecule has 1 aromatic carbocycles. The van der Waals surface area contributed by atoms with Crippen molar-refractivity contribution in [1.82, 2.24) is 10.2 Å². The summed E-state index contributed by atoms with van der Waals surface area (Å²) in [5.74, 6) is -0.667. The van der Waals surface area contributed by atoms with Gasteiger partial charge in [-0.25, -0.2) is 9.59 Å². The van der Waals surface area contributed by atoms with Gasteiger partial charge in [0.15, 0.2) is 0 Å². The molecule has 0 bridgehead atoms. The molecule has 0 atom stereocenters. The van der Waals surface area contributed by atoms with Gasteiger partial charge in [-0.05, 0) is 24.3 Å². The van der Waals surface area contributed by atoms with E-state index >= 15 is 0 Å². The summed E-state index contributed by atoms with van der Waals surface area (Å²) >= 11 is 1.41. The number of H-pyrrole nitrogens is 1. The second-order valence-electron chi connectivity index (χ2n) is 4.50. The molecule has 2 aromatic rings. The summed E-state index contributed by atoms with van der Waals surface area (Å²) in [4.78, 5) is 22.9. The third kappa shape index (κ3) is 3.30. The summed E-state index contributed by atoms with van der Waals surface area (Å²) in [6, 6.07) is 6.51. The van der Waals surface area contributed by atoms with Gasteiger partial charge >= 0.3 is 11.9 Å². The van der Waals surface area contributed by atoms with E-state index in [4.69, 9.17) is 0 Å². The molecule has 0 radical (unpaired) electrons. The number of aromatic amines is 1. The number of aromatic carboxylic acids is 1. The van der Waals surface area contributed by atoms with Gasteiger partial charge in [0.1, 0.15) is 10.6 Å². The number of carboxylic acid groups (broad SMARTS) is 1. The maximum absolute atomic E-state index is 11.5. The zero-order chi connectivity index (χ0) is 16.1. The lowest BCUT2D eigenvalue weighted by Crippen LogP contribution is -2.01. The van der Waals surface area contributed by atoms with Crippen molar-refractivity contribution in [3.63, 3.8) is 0 Å². The van der Waals surface area contributed by atoms with Crippen molar-refractivity contribution < 1.29 is 19.4 Å². The van der Waals surface area contributed by atoms with Crippen LogP contribution in [0.1, 0.15) is 34.1 Å². The molecule has 0 spiro atoms. The number of carbonyl (C=O) groups excluding carboxylic acids is 1. The van der Waals surface area contributed by atoms with Crippen molar-refractivity contribution in [3.05, 3.63) is 35.4 Å². The first-order valence-electron chi connectivity index (χ1n) is 6.71. The Hall–Kier alpha value is -2.28. The molecule has 0 aliphatic rings. The van der Waals surface area contributed by atoms with Crippen LogP contribution in [0, 0.1) is 0 Å². The summed E-state index contributed by atoms with van der Waals surface area (Å²) in [6.45, 7) is 2.02. The maximum atomic E-state index is 11.5. The zero-order valence-corrected chi connectivity index (χ0v) is 13.1. The second kappa shape index (κ2) is 7.13. The molecule has 2 rings (SSSR count). The molecular weight excluding hydrogens is 304 g/mol. The van der Waals surface area contributed by atoms with Crippen LogP contribution < -0.4 is 0 Å². The van der Waals surface area contributed by atoms with E-state index in [1.165, 1.54) is 18.9 Å². The summed E-state index contributed by atoms with van der Waals surface area (Å²) in [5.41, 5.74) is 1.65. The number of nitrogens with zero attached hydrogens (tertiary/aromatic N) is 1. The van der Waals surface area contributed by atoms with Gasteiger partial charge in [-0.15, -0.1) is 11.8 Å². The fourth-order valence-corrected chi connectivity index (χ4v) is 2.77. The number of ether oxygens (including phenoxy) is 1. The molecular formula is C15H16N2O4S. The van der Waals surface area contributed by atoms with Gasteiger partial charge in [0.25, 0.3) is 0 Å². The molecule has 0 fully saturated rings. The number of thioether (sulfide) groups is 1. The summed E-state index contributed by atoms with van der Waals surface area (Å²) < 4.78 is 4.64. The molecule has 2 N–H and O–H groups in total. The highest BCUT2D eigenvalue weighted by Crippen LogP contribution is 2.30. The Balaban J connectivity index is 2.37. The fourth-order valence-electron chi connectivity index (χ4n) is 1.93. The number of methoxy groups -OCH3 is 1. The molecule has 1 heterocycles. The molecule has 22 heavy (non-hydrogen) atoms. The van der Waals surface area contributed by atoms with Crippen molar-refractivity contribution in [2.24, 2.45) is 0 Å². The van der Waals surface area contributed by atoms with E-state index < -0.39 is 11.9 Å². The highest BCUT2D eigenvalue weighted by Gasteiger charge is 2.21. The average molecular weight is 320 g/mol. The number of hydrogen-bond donors (Lipinski definition) is 2. The topological polar surface area (TPSA) is 92.3 Å².